The van der Waals surface area contributed by atoms with Gasteiger partial charge in [0.1, 0.15) is 17.4 Å². The van der Waals surface area contributed by atoms with E-state index in [4.69, 9.17) is 11.6 Å². The van der Waals surface area contributed by atoms with Gasteiger partial charge in [-0.3, -0.25) is 9.48 Å². The van der Waals surface area contributed by atoms with Crippen molar-refractivity contribution in [3.05, 3.63) is 76.8 Å². The van der Waals surface area contributed by atoms with Gasteiger partial charge in [0.15, 0.2) is 0 Å². The summed E-state index contributed by atoms with van der Waals surface area (Å²) in [6.45, 7) is 1.70. The number of carbonyl (C=O) groups excluding carboxylic acids is 1. The molecule has 0 radical (unpaired) electrons. The van der Waals surface area contributed by atoms with E-state index in [0.29, 0.717) is 16.9 Å². The normalized spacial score (nSPS) is 12.6. The average molecular weight is 480 g/mol. The number of aromatic nitrogens is 4. The lowest BCUT2D eigenvalue weighted by atomic mass is 10.0. The molecule has 1 N–H and O–H groups in total. The van der Waals surface area contributed by atoms with Gasteiger partial charge in [-0.2, -0.15) is 10.2 Å². The molecule has 4 rings (SSSR count). The molecule has 0 aliphatic rings. The molecule has 0 bridgehead atoms. The first kappa shape index (κ1) is 22.8. The zero-order valence-corrected chi connectivity index (χ0v) is 18.0. The number of benzene rings is 2. The molecule has 4 aromatic rings. The van der Waals surface area contributed by atoms with Crippen molar-refractivity contribution in [1.29, 1.82) is 0 Å². The summed E-state index contributed by atoms with van der Waals surface area (Å²) in [5.41, 5.74) is -0.580. The second-order valence-corrected chi connectivity index (χ2v) is 7.74. The lowest BCUT2D eigenvalue weighted by Gasteiger charge is -2.15. The Morgan fingerprint density at radius 1 is 1.09 bits per heavy atom. The predicted molar refractivity (Wildman–Crippen MR) is 116 cm³/mol. The second kappa shape index (κ2) is 9.22. The highest BCUT2D eigenvalue weighted by atomic mass is 35.5. The number of anilines is 1. The fraction of sp³-hybridized carbons (Fsp3) is 0.227. The molecular weight excluding hydrogens is 462 g/mol. The second-order valence-electron chi connectivity index (χ2n) is 7.36. The van der Waals surface area contributed by atoms with Crippen molar-refractivity contribution in [3.8, 4) is 0 Å². The van der Waals surface area contributed by atoms with E-state index >= 15 is 0 Å². The van der Waals surface area contributed by atoms with Gasteiger partial charge in [0, 0.05) is 6.20 Å². The van der Waals surface area contributed by atoms with Crippen LogP contribution in [0.25, 0.3) is 10.8 Å². The van der Waals surface area contributed by atoms with E-state index < -0.39 is 41.2 Å². The third kappa shape index (κ3) is 4.56. The Morgan fingerprint density at radius 2 is 1.82 bits per heavy atom. The van der Waals surface area contributed by atoms with Crippen LogP contribution < -0.4 is 5.32 Å². The van der Waals surface area contributed by atoms with Crippen molar-refractivity contribution >= 4 is 34.0 Å². The molecule has 2 aromatic carbocycles. The van der Waals surface area contributed by atoms with Crippen molar-refractivity contribution in [2.24, 2.45) is 0 Å². The summed E-state index contributed by atoms with van der Waals surface area (Å²) in [4.78, 5) is 12.6. The van der Waals surface area contributed by atoms with E-state index in [9.17, 15) is 22.4 Å². The Kier molecular flexibility index (Phi) is 6.37. The molecule has 0 saturated heterocycles. The molecule has 0 aliphatic carbocycles. The number of hydrogen-bond acceptors (Lipinski definition) is 3. The van der Waals surface area contributed by atoms with E-state index in [0.717, 1.165) is 16.3 Å². The minimum Gasteiger partial charge on any atom is -0.322 e. The number of hydrogen-bond donors (Lipinski definition) is 1. The summed E-state index contributed by atoms with van der Waals surface area (Å²) in [6, 6.07) is 12.5. The van der Waals surface area contributed by atoms with Crippen LogP contribution in [0.1, 0.15) is 42.8 Å². The third-order valence-corrected chi connectivity index (χ3v) is 5.57. The summed E-state index contributed by atoms with van der Waals surface area (Å²) in [6.07, 6.45) is -3.35. The van der Waals surface area contributed by atoms with E-state index in [1.165, 1.54) is 13.1 Å². The van der Waals surface area contributed by atoms with Crippen LogP contribution in [-0.2, 0) is 11.3 Å². The van der Waals surface area contributed by atoms with Crippen LogP contribution in [0.5, 0.6) is 0 Å². The number of rotatable bonds is 7. The number of alkyl halides is 4. The van der Waals surface area contributed by atoms with Crippen LogP contribution in [0.15, 0.2) is 54.9 Å². The minimum absolute atomic E-state index is 0.318. The van der Waals surface area contributed by atoms with Crippen molar-refractivity contribution < 1.29 is 22.4 Å². The molecule has 2 heterocycles. The highest BCUT2D eigenvalue weighted by Gasteiger charge is 2.32. The lowest BCUT2D eigenvalue weighted by Crippen LogP contribution is -2.26. The zero-order chi connectivity index (χ0) is 23.7. The first-order valence-electron chi connectivity index (χ1n) is 9.90. The van der Waals surface area contributed by atoms with Crippen LogP contribution in [0.3, 0.4) is 0 Å². The molecule has 172 valence electrons. The first-order valence-corrected chi connectivity index (χ1v) is 10.3. The number of halogens is 5. The smallest absolute Gasteiger partial charge is 0.283 e. The maximum absolute atomic E-state index is 13.4. The van der Waals surface area contributed by atoms with E-state index in [1.807, 2.05) is 42.5 Å². The Morgan fingerprint density at radius 3 is 2.55 bits per heavy atom. The van der Waals surface area contributed by atoms with Crippen LogP contribution in [0, 0.1) is 0 Å². The fourth-order valence-corrected chi connectivity index (χ4v) is 3.84. The maximum atomic E-state index is 13.4. The number of amides is 1. The maximum Gasteiger partial charge on any atom is 0.283 e. The number of nitrogens with zero attached hydrogens (tertiary/aromatic N) is 4. The summed E-state index contributed by atoms with van der Waals surface area (Å²) in [5.74, 6) is -0.735. The molecule has 11 heteroatoms. The standard InChI is InChI=1S/C22H18ClF4N5O/c1-12(32-19(21(26)27)17(23)18(30-32)20(24)25)22(33)29-15-9-28-31(11-15)10-14-7-4-6-13-5-2-3-8-16(13)14/h2-9,11-12,20-21H,10H2,1H3,(H,29,33). The number of carbonyl (C=O) groups is 1. The molecular formula is C22H18ClF4N5O. The molecule has 0 aliphatic heterocycles. The van der Waals surface area contributed by atoms with Gasteiger partial charge >= 0.3 is 0 Å². The summed E-state index contributed by atoms with van der Waals surface area (Å²) in [7, 11) is 0. The quantitative estimate of drug-likeness (QED) is 0.330. The largest absolute Gasteiger partial charge is 0.322 e. The minimum atomic E-state index is -3.18. The van der Waals surface area contributed by atoms with Crippen molar-refractivity contribution in [2.75, 3.05) is 5.32 Å². The van der Waals surface area contributed by atoms with Crippen molar-refractivity contribution in [2.45, 2.75) is 32.4 Å². The highest BCUT2D eigenvalue weighted by molar-refractivity contribution is 6.32. The molecule has 2 aromatic heterocycles. The molecule has 1 atom stereocenters. The molecule has 6 nitrogen and oxygen atoms in total. The van der Waals surface area contributed by atoms with Gasteiger partial charge in [0.25, 0.3) is 12.9 Å². The Balaban J connectivity index is 1.52. The summed E-state index contributed by atoms with van der Waals surface area (Å²) >= 11 is 5.66. The van der Waals surface area contributed by atoms with Gasteiger partial charge in [0.05, 0.1) is 23.5 Å². The predicted octanol–water partition coefficient (Wildman–Crippen LogP) is 6.01. The Labute approximate surface area is 190 Å². The van der Waals surface area contributed by atoms with E-state index in [1.54, 1.807) is 10.9 Å². The van der Waals surface area contributed by atoms with Gasteiger partial charge in [-0.1, -0.05) is 54.1 Å². The van der Waals surface area contributed by atoms with Gasteiger partial charge in [-0.25, -0.2) is 22.2 Å². The van der Waals surface area contributed by atoms with Crippen LogP contribution in [-0.4, -0.2) is 25.5 Å². The molecule has 0 saturated carbocycles. The van der Waals surface area contributed by atoms with Crippen LogP contribution in [0.2, 0.25) is 5.02 Å². The Hall–Kier alpha value is -3.40. The van der Waals surface area contributed by atoms with Crippen molar-refractivity contribution in [1.82, 2.24) is 19.6 Å². The topological polar surface area (TPSA) is 64.7 Å². The average Bonchev–Trinajstić information content (AvgIpc) is 3.37. The van der Waals surface area contributed by atoms with Gasteiger partial charge in [0.2, 0.25) is 5.91 Å². The zero-order valence-electron chi connectivity index (χ0n) is 17.2. The van der Waals surface area contributed by atoms with E-state index in [-0.39, 0.29) is 0 Å². The van der Waals surface area contributed by atoms with Crippen LogP contribution >= 0.6 is 11.6 Å². The SMILES string of the molecule is CC(C(=O)Nc1cnn(Cc2cccc3ccccc23)c1)n1nc(C(F)F)c(Cl)c1C(F)F. The first-order chi connectivity index (χ1) is 15.8. The summed E-state index contributed by atoms with van der Waals surface area (Å²) in [5, 5.41) is 11.5. The van der Waals surface area contributed by atoms with Gasteiger partial charge < -0.3 is 5.32 Å². The molecule has 0 fully saturated rings. The Bertz CT molecular complexity index is 1300. The molecule has 0 spiro atoms. The molecule has 33 heavy (non-hydrogen) atoms. The highest BCUT2D eigenvalue weighted by Crippen LogP contribution is 2.36. The van der Waals surface area contributed by atoms with E-state index in [2.05, 4.69) is 15.5 Å². The van der Waals surface area contributed by atoms with Gasteiger partial charge in [-0.05, 0) is 23.3 Å². The monoisotopic (exact) mass is 479 g/mol. The molecule has 1 unspecified atom stereocenters. The summed E-state index contributed by atoms with van der Waals surface area (Å²) < 4.78 is 55.1. The third-order valence-electron chi connectivity index (χ3n) is 5.18. The van der Waals surface area contributed by atoms with Crippen LogP contribution in [0.4, 0.5) is 23.2 Å². The van der Waals surface area contributed by atoms with Gasteiger partial charge in [-0.15, -0.1) is 0 Å². The fourth-order valence-electron chi connectivity index (χ4n) is 3.55. The lowest BCUT2D eigenvalue weighted by molar-refractivity contribution is -0.119. The van der Waals surface area contributed by atoms with Crippen molar-refractivity contribution in [3.63, 3.8) is 0 Å². The number of fused-ring (bicyclic) bond motifs is 1. The molecule has 1 amide bonds. The number of nitrogens with one attached hydrogen (secondary N) is 1.